The minimum atomic E-state index is 0.488. The summed E-state index contributed by atoms with van der Waals surface area (Å²) in [7, 11) is 0. The van der Waals surface area contributed by atoms with E-state index in [0.29, 0.717) is 16.2 Å². The Balaban J connectivity index is 1.58. The molecule has 0 heteroatoms. The first-order chi connectivity index (χ1) is 13.2. The smallest absolute Gasteiger partial charge is 0.00996 e. The fourth-order valence-electron chi connectivity index (χ4n) is 9.32. The van der Waals surface area contributed by atoms with Gasteiger partial charge in [-0.15, -0.1) is 0 Å². The second-order valence-electron chi connectivity index (χ2n) is 12.3. The second-order valence-corrected chi connectivity index (χ2v) is 12.3. The third-order valence-corrected chi connectivity index (χ3v) is 11.2. The molecule has 0 radical (unpaired) electrons. The maximum atomic E-state index is 2.75. The van der Waals surface area contributed by atoms with Gasteiger partial charge in [0.15, 0.2) is 0 Å². The molecule has 0 aromatic heterocycles. The van der Waals surface area contributed by atoms with Gasteiger partial charge in [-0.3, -0.25) is 0 Å². The molecule has 0 aliphatic heterocycles. The van der Waals surface area contributed by atoms with Gasteiger partial charge in [0.25, 0.3) is 0 Å². The number of hydrogen-bond acceptors (Lipinski definition) is 0. The standard InChI is InChI=1S/C28H42/c1-18(2)20-12-14-26(4)16-17-28(6)24(25(20)26)11-10-23-22-9-7-8-19(3)21(22)13-15-27(23,28)5/h7-9,18,20,23-25H,10-17H2,1-6H3/t20-,23+,24+,25+,26+,27+,28+/m0/s1. The van der Waals surface area contributed by atoms with Crippen molar-refractivity contribution in [3.05, 3.63) is 34.9 Å². The number of hydrogen-bond donors (Lipinski definition) is 0. The van der Waals surface area contributed by atoms with Gasteiger partial charge in [0, 0.05) is 0 Å². The largest absolute Gasteiger partial charge is 0.0625 e. The molecular formula is C28H42. The van der Waals surface area contributed by atoms with Gasteiger partial charge in [0.1, 0.15) is 0 Å². The maximum Gasteiger partial charge on any atom is -0.00996 e. The van der Waals surface area contributed by atoms with Crippen molar-refractivity contribution < 1.29 is 0 Å². The van der Waals surface area contributed by atoms with Crippen LogP contribution < -0.4 is 0 Å². The number of fused-ring (bicyclic) bond motifs is 7. The van der Waals surface area contributed by atoms with Gasteiger partial charge in [0.05, 0.1) is 0 Å². The molecule has 0 saturated heterocycles. The lowest BCUT2D eigenvalue weighted by molar-refractivity contribution is -0.155. The Bertz CT molecular complexity index is 774. The highest BCUT2D eigenvalue weighted by Crippen LogP contribution is 2.74. The molecule has 1 aromatic rings. The van der Waals surface area contributed by atoms with Gasteiger partial charge in [0.2, 0.25) is 0 Å². The zero-order valence-corrected chi connectivity index (χ0v) is 19.3. The van der Waals surface area contributed by atoms with E-state index in [1.54, 1.807) is 16.7 Å². The first-order valence-electron chi connectivity index (χ1n) is 12.3. The monoisotopic (exact) mass is 378 g/mol. The Morgan fingerprint density at radius 1 is 0.893 bits per heavy atom. The SMILES string of the molecule is Cc1cccc2c1CC[C@]1(C)[C@@H]2CC[C@@H]2[C@H]3[C@H](C(C)C)CC[C@]3(C)CC[C@]21C. The third kappa shape index (κ3) is 2.30. The van der Waals surface area contributed by atoms with Crippen LogP contribution in [0.1, 0.15) is 102 Å². The van der Waals surface area contributed by atoms with E-state index in [9.17, 15) is 0 Å². The van der Waals surface area contributed by atoms with Gasteiger partial charge in [-0.05, 0) is 121 Å². The molecule has 0 amide bonds. The van der Waals surface area contributed by atoms with Crippen LogP contribution in [0.3, 0.4) is 0 Å². The molecule has 7 atom stereocenters. The molecule has 0 N–H and O–H groups in total. The molecule has 0 nitrogen and oxygen atoms in total. The highest BCUT2D eigenvalue weighted by Gasteiger charge is 2.65. The van der Waals surface area contributed by atoms with E-state index < -0.39 is 0 Å². The third-order valence-electron chi connectivity index (χ3n) is 11.2. The first-order valence-corrected chi connectivity index (χ1v) is 12.3. The molecule has 0 unspecified atom stereocenters. The van der Waals surface area contributed by atoms with Crippen LogP contribution in [0.5, 0.6) is 0 Å². The van der Waals surface area contributed by atoms with Crippen molar-refractivity contribution in [1.29, 1.82) is 0 Å². The van der Waals surface area contributed by atoms with Gasteiger partial charge < -0.3 is 0 Å². The molecule has 0 spiro atoms. The van der Waals surface area contributed by atoms with E-state index in [1.807, 2.05) is 0 Å². The van der Waals surface area contributed by atoms with Crippen molar-refractivity contribution in [1.82, 2.24) is 0 Å². The van der Waals surface area contributed by atoms with E-state index in [2.05, 4.69) is 59.7 Å². The average molecular weight is 379 g/mol. The van der Waals surface area contributed by atoms with Crippen LogP contribution in [0.15, 0.2) is 18.2 Å². The number of rotatable bonds is 1. The van der Waals surface area contributed by atoms with Gasteiger partial charge in [-0.2, -0.15) is 0 Å². The van der Waals surface area contributed by atoms with Crippen molar-refractivity contribution in [3.8, 4) is 0 Å². The summed E-state index contributed by atoms with van der Waals surface area (Å²) < 4.78 is 0. The van der Waals surface area contributed by atoms with Gasteiger partial charge in [-0.1, -0.05) is 52.8 Å². The Morgan fingerprint density at radius 2 is 1.68 bits per heavy atom. The van der Waals surface area contributed by atoms with E-state index in [4.69, 9.17) is 0 Å². The second kappa shape index (κ2) is 6.12. The van der Waals surface area contributed by atoms with E-state index >= 15 is 0 Å². The Morgan fingerprint density at radius 3 is 2.43 bits per heavy atom. The molecule has 3 fully saturated rings. The average Bonchev–Trinajstić information content (AvgIpc) is 3.00. The van der Waals surface area contributed by atoms with Gasteiger partial charge in [-0.25, -0.2) is 0 Å². The highest BCUT2D eigenvalue weighted by atomic mass is 14.7. The topological polar surface area (TPSA) is 0 Å². The summed E-state index contributed by atoms with van der Waals surface area (Å²) in [5, 5.41) is 0. The fraction of sp³-hybridized carbons (Fsp3) is 0.786. The highest BCUT2D eigenvalue weighted by molar-refractivity contribution is 5.42. The molecule has 4 aliphatic carbocycles. The molecule has 4 aliphatic rings. The lowest BCUT2D eigenvalue weighted by atomic mass is 9.38. The van der Waals surface area contributed by atoms with E-state index in [0.717, 1.165) is 29.6 Å². The molecule has 1 aromatic carbocycles. The van der Waals surface area contributed by atoms with Crippen LogP contribution in [-0.4, -0.2) is 0 Å². The summed E-state index contributed by atoms with van der Waals surface area (Å²) in [5.74, 6) is 4.54. The zero-order valence-electron chi connectivity index (χ0n) is 19.3. The van der Waals surface area contributed by atoms with Crippen molar-refractivity contribution in [3.63, 3.8) is 0 Å². The molecule has 0 bridgehead atoms. The minimum absolute atomic E-state index is 0.488. The van der Waals surface area contributed by atoms with Crippen molar-refractivity contribution in [2.75, 3.05) is 0 Å². The molecule has 0 heterocycles. The summed E-state index contributed by atoms with van der Waals surface area (Å²) in [6, 6.07) is 7.16. The van der Waals surface area contributed by atoms with E-state index in [1.165, 1.54) is 51.4 Å². The summed E-state index contributed by atoms with van der Waals surface area (Å²) >= 11 is 0. The summed E-state index contributed by atoms with van der Waals surface area (Å²) in [5.41, 5.74) is 6.62. The number of benzene rings is 1. The van der Waals surface area contributed by atoms with Crippen LogP contribution in [-0.2, 0) is 6.42 Å². The summed E-state index contributed by atoms with van der Waals surface area (Å²) in [4.78, 5) is 0. The molecule has 3 saturated carbocycles. The molecule has 5 rings (SSSR count). The van der Waals surface area contributed by atoms with Crippen LogP contribution in [0.2, 0.25) is 0 Å². The zero-order chi connectivity index (χ0) is 19.9. The normalized spacial score (nSPS) is 47.2. The number of aryl methyl sites for hydroxylation is 1. The Kier molecular flexibility index (Phi) is 4.19. The summed E-state index contributed by atoms with van der Waals surface area (Å²) in [6.07, 6.45) is 11.6. The lowest BCUT2D eigenvalue weighted by Gasteiger charge is -2.67. The molecule has 28 heavy (non-hydrogen) atoms. The lowest BCUT2D eigenvalue weighted by Crippen LogP contribution is -2.59. The molecule has 154 valence electrons. The predicted octanol–water partition coefficient (Wildman–Crippen LogP) is 7.93. The predicted molar refractivity (Wildman–Crippen MR) is 120 cm³/mol. The van der Waals surface area contributed by atoms with Gasteiger partial charge >= 0.3 is 0 Å². The molecular weight excluding hydrogens is 336 g/mol. The van der Waals surface area contributed by atoms with Crippen molar-refractivity contribution in [2.45, 2.75) is 98.8 Å². The summed E-state index contributed by atoms with van der Waals surface area (Å²) in [6.45, 7) is 15.5. The minimum Gasteiger partial charge on any atom is -0.0625 e. The quantitative estimate of drug-likeness (QED) is 0.465. The van der Waals surface area contributed by atoms with Crippen LogP contribution >= 0.6 is 0 Å². The fourth-order valence-corrected chi connectivity index (χ4v) is 9.32. The Hall–Kier alpha value is -0.780. The first kappa shape index (κ1) is 19.2. The van der Waals surface area contributed by atoms with Crippen molar-refractivity contribution in [2.24, 2.45) is 39.9 Å². The Labute approximate surface area is 173 Å². The van der Waals surface area contributed by atoms with E-state index in [-0.39, 0.29) is 0 Å². The van der Waals surface area contributed by atoms with Crippen LogP contribution in [0, 0.1) is 46.8 Å². The maximum absolute atomic E-state index is 2.75. The van der Waals surface area contributed by atoms with Crippen LogP contribution in [0.4, 0.5) is 0 Å². The van der Waals surface area contributed by atoms with Crippen LogP contribution in [0.25, 0.3) is 0 Å². The van der Waals surface area contributed by atoms with Crippen molar-refractivity contribution >= 4 is 0 Å².